The average Bonchev–Trinajstić information content (AvgIpc) is 2.55. The lowest BCUT2D eigenvalue weighted by Gasteiger charge is -2.34. The maximum absolute atomic E-state index is 10.7. The Bertz CT molecular complexity index is 411. The molecule has 1 rings (SSSR count). The Balaban J connectivity index is 2.25. The number of ether oxygens (including phenoxy) is 2. The number of unbranched alkanes of at least 4 members (excludes halogenated alkanes) is 6. The van der Waals surface area contributed by atoms with Crippen molar-refractivity contribution < 1.29 is 26.6 Å². The predicted octanol–water partition coefficient (Wildman–Crippen LogP) is 4.10. The van der Waals surface area contributed by atoms with Crippen molar-refractivity contribution in [3.8, 4) is 0 Å². The summed E-state index contributed by atoms with van der Waals surface area (Å²) in [6, 6.07) is 0. The van der Waals surface area contributed by atoms with Crippen molar-refractivity contribution in [1.29, 1.82) is 0 Å². The first-order valence-electron chi connectivity index (χ1n) is 9.35. The first-order chi connectivity index (χ1) is 11.5. The van der Waals surface area contributed by atoms with Crippen LogP contribution in [0.25, 0.3) is 0 Å². The van der Waals surface area contributed by atoms with Crippen molar-refractivity contribution in [2.24, 2.45) is 5.92 Å². The molecule has 24 heavy (non-hydrogen) atoms. The highest BCUT2D eigenvalue weighted by atomic mass is 32.3. The Morgan fingerprint density at radius 3 is 2.42 bits per heavy atom. The Hall–Kier alpha value is -0.210. The second-order valence-electron chi connectivity index (χ2n) is 6.58. The van der Waals surface area contributed by atoms with E-state index in [9.17, 15) is 8.42 Å². The van der Waals surface area contributed by atoms with Crippen molar-refractivity contribution in [3.63, 3.8) is 0 Å². The molecule has 3 atom stereocenters. The van der Waals surface area contributed by atoms with Crippen LogP contribution in [0.5, 0.6) is 0 Å². The van der Waals surface area contributed by atoms with Gasteiger partial charge in [0.2, 0.25) is 0 Å². The predicted molar refractivity (Wildman–Crippen MR) is 93.1 cm³/mol. The standard InChI is InChI=1S/C17H34O6S/c1-3-5-6-7-8-9-10-11-15(4-2)17-21-13-12-16(23-17)14-22-24(18,19)20/h15-17H,3-14H2,1-2H3,(H,18,19,20). The van der Waals surface area contributed by atoms with E-state index in [1.54, 1.807) is 0 Å². The van der Waals surface area contributed by atoms with Gasteiger partial charge < -0.3 is 9.47 Å². The molecule has 0 spiro atoms. The summed E-state index contributed by atoms with van der Waals surface area (Å²) in [7, 11) is -4.41. The Morgan fingerprint density at radius 2 is 1.79 bits per heavy atom. The topological polar surface area (TPSA) is 82.1 Å². The molecule has 7 heteroatoms. The monoisotopic (exact) mass is 366 g/mol. The molecule has 0 bridgehead atoms. The van der Waals surface area contributed by atoms with Crippen LogP contribution in [-0.2, 0) is 24.1 Å². The van der Waals surface area contributed by atoms with E-state index in [0.29, 0.717) is 18.9 Å². The molecule has 0 radical (unpaired) electrons. The van der Waals surface area contributed by atoms with Gasteiger partial charge in [-0.3, -0.25) is 4.55 Å². The van der Waals surface area contributed by atoms with E-state index in [4.69, 9.17) is 14.0 Å². The normalized spacial score (nSPS) is 23.3. The molecule has 0 aliphatic carbocycles. The second-order valence-corrected chi connectivity index (χ2v) is 7.67. The first-order valence-corrected chi connectivity index (χ1v) is 10.7. The third kappa shape index (κ3) is 9.93. The van der Waals surface area contributed by atoms with Gasteiger partial charge in [-0.05, 0) is 19.3 Å². The minimum atomic E-state index is -4.41. The highest BCUT2D eigenvalue weighted by Gasteiger charge is 2.29. The smallest absolute Gasteiger partial charge is 0.352 e. The van der Waals surface area contributed by atoms with Crippen molar-refractivity contribution in [2.75, 3.05) is 13.2 Å². The largest absolute Gasteiger partial charge is 0.397 e. The average molecular weight is 367 g/mol. The number of rotatable bonds is 13. The lowest BCUT2D eigenvalue weighted by atomic mass is 9.96. The van der Waals surface area contributed by atoms with Gasteiger partial charge in [-0.2, -0.15) is 8.42 Å². The fourth-order valence-corrected chi connectivity index (χ4v) is 3.36. The van der Waals surface area contributed by atoms with Gasteiger partial charge in [-0.25, -0.2) is 4.18 Å². The van der Waals surface area contributed by atoms with Gasteiger partial charge in [0.1, 0.15) is 0 Å². The lowest BCUT2D eigenvalue weighted by molar-refractivity contribution is -0.241. The zero-order valence-corrected chi connectivity index (χ0v) is 15.9. The molecule has 144 valence electrons. The summed E-state index contributed by atoms with van der Waals surface area (Å²) in [5.41, 5.74) is 0. The van der Waals surface area contributed by atoms with Crippen molar-refractivity contribution >= 4 is 10.4 Å². The second kappa shape index (κ2) is 12.2. The molecule has 1 fully saturated rings. The van der Waals surface area contributed by atoms with E-state index < -0.39 is 10.4 Å². The van der Waals surface area contributed by atoms with Gasteiger partial charge in [0.15, 0.2) is 6.29 Å². The van der Waals surface area contributed by atoms with Crippen LogP contribution in [-0.4, -0.2) is 38.6 Å². The Morgan fingerprint density at radius 1 is 1.12 bits per heavy atom. The highest BCUT2D eigenvalue weighted by molar-refractivity contribution is 7.80. The van der Waals surface area contributed by atoms with Crippen molar-refractivity contribution in [2.45, 2.75) is 90.4 Å². The molecule has 6 nitrogen and oxygen atoms in total. The highest BCUT2D eigenvalue weighted by Crippen LogP contribution is 2.26. The third-order valence-corrected chi connectivity index (χ3v) is 4.97. The molecule has 1 aliphatic rings. The van der Waals surface area contributed by atoms with E-state index in [1.165, 1.54) is 44.9 Å². The van der Waals surface area contributed by atoms with Crippen LogP contribution in [0, 0.1) is 5.92 Å². The van der Waals surface area contributed by atoms with Crippen molar-refractivity contribution in [1.82, 2.24) is 0 Å². The summed E-state index contributed by atoms with van der Waals surface area (Å²) in [6.45, 7) is 4.71. The molecule has 1 heterocycles. The fraction of sp³-hybridized carbons (Fsp3) is 1.00. The fourth-order valence-electron chi connectivity index (χ4n) is 3.04. The van der Waals surface area contributed by atoms with Gasteiger partial charge in [-0.1, -0.05) is 58.8 Å². The summed E-state index contributed by atoms with van der Waals surface area (Å²) in [4.78, 5) is 0. The maximum Gasteiger partial charge on any atom is 0.397 e. The molecule has 0 aromatic rings. The van der Waals surface area contributed by atoms with E-state index >= 15 is 0 Å². The molecular formula is C17H34O6S. The van der Waals surface area contributed by atoms with Gasteiger partial charge in [-0.15, -0.1) is 0 Å². The Kier molecular flexibility index (Phi) is 11.1. The number of hydrogen-bond acceptors (Lipinski definition) is 5. The zero-order valence-electron chi connectivity index (χ0n) is 15.1. The van der Waals surface area contributed by atoms with Gasteiger partial charge >= 0.3 is 10.4 Å². The van der Waals surface area contributed by atoms with Crippen LogP contribution in [0.15, 0.2) is 0 Å². The van der Waals surface area contributed by atoms with Crippen LogP contribution >= 0.6 is 0 Å². The maximum atomic E-state index is 10.7. The Labute approximate surface area is 147 Å². The lowest BCUT2D eigenvalue weighted by Crippen LogP contribution is -2.39. The van der Waals surface area contributed by atoms with Crippen LogP contribution < -0.4 is 0 Å². The van der Waals surface area contributed by atoms with E-state index in [2.05, 4.69) is 18.0 Å². The quantitative estimate of drug-likeness (QED) is 0.390. The summed E-state index contributed by atoms with van der Waals surface area (Å²) in [5.74, 6) is 0.314. The summed E-state index contributed by atoms with van der Waals surface area (Å²) < 4.78 is 45.9. The van der Waals surface area contributed by atoms with Crippen LogP contribution in [0.1, 0.15) is 78.1 Å². The van der Waals surface area contributed by atoms with Crippen molar-refractivity contribution in [3.05, 3.63) is 0 Å². The molecule has 0 aromatic heterocycles. The third-order valence-electron chi connectivity index (χ3n) is 4.54. The summed E-state index contributed by atoms with van der Waals surface area (Å²) in [5, 5.41) is 0. The molecule has 0 amide bonds. The minimum Gasteiger partial charge on any atom is -0.352 e. The summed E-state index contributed by atoms with van der Waals surface area (Å²) in [6.07, 6.45) is 10.9. The molecular weight excluding hydrogens is 332 g/mol. The van der Waals surface area contributed by atoms with Crippen LogP contribution in [0.2, 0.25) is 0 Å². The molecule has 1 aliphatic heterocycles. The van der Waals surface area contributed by atoms with Gasteiger partial charge in [0, 0.05) is 5.92 Å². The van der Waals surface area contributed by atoms with Crippen LogP contribution in [0.4, 0.5) is 0 Å². The SMILES string of the molecule is CCCCCCCCCC(CC)C1OCCC(COS(=O)(=O)O)O1. The molecule has 1 N–H and O–H groups in total. The first kappa shape index (κ1) is 21.8. The van der Waals surface area contributed by atoms with Gasteiger partial charge in [0.05, 0.1) is 19.3 Å². The molecule has 0 saturated carbocycles. The molecule has 0 aromatic carbocycles. The molecule has 3 unspecified atom stereocenters. The van der Waals surface area contributed by atoms with E-state index in [1.807, 2.05) is 0 Å². The van der Waals surface area contributed by atoms with E-state index in [-0.39, 0.29) is 19.0 Å². The zero-order chi connectivity index (χ0) is 17.8. The van der Waals surface area contributed by atoms with E-state index in [0.717, 1.165) is 12.8 Å². The number of hydrogen-bond donors (Lipinski definition) is 1. The molecule has 1 saturated heterocycles. The van der Waals surface area contributed by atoms with Crippen LogP contribution in [0.3, 0.4) is 0 Å². The summed E-state index contributed by atoms with van der Waals surface area (Å²) >= 11 is 0. The van der Waals surface area contributed by atoms with Gasteiger partial charge in [0.25, 0.3) is 0 Å². The minimum absolute atomic E-state index is 0.160.